The lowest BCUT2D eigenvalue weighted by atomic mass is 10.2. The molecule has 1 heterocycles. The maximum Gasteiger partial charge on any atom is 0.335 e. The van der Waals surface area contributed by atoms with Crippen LogP contribution in [0.5, 0.6) is 5.75 Å². The van der Waals surface area contributed by atoms with E-state index >= 15 is 0 Å². The number of anilines is 1. The second-order valence-corrected chi connectivity index (χ2v) is 5.75. The van der Waals surface area contributed by atoms with Crippen molar-refractivity contribution in [3.8, 4) is 5.75 Å². The smallest absolute Gasteiger partial charge is 0.335 e. The zero-order valence-corrected chi connectivity index (χ0v) is 12.1. The van der Waals surface area contributed by atoms with Crippen LogP contribution in [0.4, 0.5) is 5.69 Å². The number of amides is 1. The summed E-state index contributed by atoms with van der Waals surface area (Å²) in [5, 5.41) is 20.9. The van der Waals surface area contributed by atoms with Crippen molar-refractivity contribution >= 4 is 46.6 Å². The van der Waals surface area contributed by atoms with Gasteiger partial charge in [-0.25, -0.2) is 4.79 Å². The number of aromatic carboxylic acids is 1. The van der Waals surface area contributed by atoms with Gasteiger partial charge in [-0.15, -0.1) is 11.3 Å². The van der Waals surface area contributed by atoms with E-state index in [4.69, 9.17) is 16.7 Å². The maximum absolute atomic E-state index is 11.7. The molecule has 2 aromatic rings. The predicted molar refractivity (Wildman–Crippen MR) is 82.1 cm³/mol. The van der Waals surface area contributed by atoms with Crippen LogP contribution in [0.25, 0.3) is 6.08 Å². The number of carboxylic acid groups (broad SMARTS) is 1. The lowest BCUT2D eigenvalue weighted by molar-refractivity contribution is -0.111. The highest BCUT2D eigenvalue weighted by Crippen LogP contribution is 2.25. The first kappa shape index (κ1) is 15.1. The van der Waals surface area contributed by atoms with Gasteiger partial charge in [-0.1, -0.05) is 11.6 Å². The second-order valence-electron chi connectivity index (χ2n) is 4.00. The first-order valence-electron chi connectivity index (χ1n) is 5.76. The summed E-state index contributed by atoms with van der Waals surface area (Å²) < 4.78 is 0.613. The molecule has 1 amide bonds. The summed E-state index contributed by atoms with van der Waals surface area (Å²) in [6.45, 7) is 0. The molecule has 3 N–H and O–H groups in total. The highest BCUT2D eigenvalue weighted by Gasteiger charge is 2.09. The van der Waals surface area contributed by atoms with Gasteiger partial charge in [-0.3, -0.25) is 4.79 Å². The van der Waals surface area contributed by atoms with E-state index in [0.29, 0.717) is 4.34 Å². The van der Waals surface area contributed by atoms with Gasteiger partial charge < -0.3 is 15.5 Å². The van der Waals surface area contributed by atoms with Crippen LogP contribution < -0.4 is 5.32 Å². The Balaban J connectivity index is 2.10. The Morgan fingerprint density at radius 3 is 2.62 bits per heavy atom. The van der Waals surface area contributed by atoms with Gasteiger partial charge in [0, 0.05) is 11.0 Å². The van der Waals surface area contributed by atoms with Crippen molar-refractivity contribution in [2.45, 2.75) is 0 Å². The summed E-state index contributed by atoms with van der Waals surface area (Å²) in [6.07, 6.45) is 2.85. The first-order valence-corrected chi connectivity index (χ1v) is 6.96. The first-order chi connectivity index (χ1) is 9.95. The second kappa shape index (κ2) is 6.43. The van der Waals surface area contributed by atoms with E-state index in [9.17, 15) is 14.7 Å². The monoisotopic (exact) mass is 323 g/mol. The van der Waals surface area contributed by atoms with Crippen molar-refractivity contribution in [1.29, 1.82) is 0 Å². The Labute approximate surface area is 129 Å². The molecule has 1 aromatic heterocycles. The molecule has 0 fully saturated rings. The Hall–Kier alpha value is -2.31. The summed E-state index contributed by atoms with van der Waals surface area (Å²) in [4.78, 5) is 23.4. The van der Waals surface area contributed by atoms with Gasteiger partial charge in [0.2, 0.25) is 5.91 Å². The number of phenolic OH excluding ortho intramolecular Hbond substituents is 1. The van der Waals surface area contributed by atoms with E-state index in [2.05, 4.69) is 5.32 Å². The molecule has 0 radical (unpaired) electrons. The molecule has 0 unspecified atom stereocenters. The molecule has 0 spiro atoms. The van der Waals surface area contributed by atoms with Crippen LogP contribution in [0, 0.1) is 0 Å². The minimum atomic E-state index is -1.14. The van der Waals surface area contributed by atoms with E-state index < -0.39 is 11.9 Å². The number of hydrogen-bond acceptors (Lipinski definition) is 4. The number of thiophene rings is 1. The van der Waals surface area contributed by atoms with Gasteiger partial charge in [0.15, 0.2) is 0 Å². The molecule has 21 heavy (non-hydrogen) atoms. The predicted octanol–water partition coefficient (Wildman–Crippen LogP) is 3.46. The summed E-state index contributed by atoms with van der Waals surface area (Å²) in [5.41, 5.74) is 0.00544. The summed E-state index contributed by atoms with van der Waals surface area (Å²) in [7, 11) is 0. The number of benzene rings is 1. The van der Waals surface area contributed by atoms with E-state index in [0.717, 1.165) is 4.88 Å². The third-order valence-corrected chi connectivity index (χ3v) is 3.69. The van der Waals surface area contributed by atoms with E-state index in [1.54, 1.807) is 18.2 Å². The van der Waals surface area contributed by atoms with Crippen LogP contribution in [0.15, 0.2) is 36.4 Å². The Bertz CT molecular complexity index is 724. The molecule has 0 aliphatic carbocycles. The molecule has 0 saturated carbocycles. The molecule has 2 rings (SSSR count). The number of nitrogens with one attached hydrogen (secondary N) is 1. The van der Waals surface area contributed by atoms with Crippen LogP contribution in [-0.2, 0) is 4.79 Å². The van der Waals surface area contributed by atoms with Crippen molar-refractivity contribution in [1.82, 2.24) is 0 Å². The zero-order chi connectivity index (χ0) is 15.4. The number of carboxylic acids is 1. The van der Waals surface area contributed by atoms with Crippen LogP contribution in [0.2, 0.25) is 4.34 Å². The Morgan fingerprint density at radius 2 is 2.00 bits per heavy atom. The normalized spacial score (nSPS) is 10.7. The van der Waals surface area contributed by atoms with Crippen molar-refractivity contribution in [2.24, 2.45) is 0 Å². The quantitative estimate of drug-likeness (QED) is 0.594. The zero-order valence-electron chi connectivity index (χ0n) is 10.5. The maximum atomic E-state index is 11.7. The molecule has 0 bridgehead atoms. The van der Waals surface area contributed by atoms with Gasteiger partial charge in [0.1, 0.15) is 5.75 Å². The largest absolute Gasteiger partial charge is 0.506 e. The molecule has 108 valence electrons. The minimum Gasteiger partial charge on any atom is -0.506 e. The summed E-state index contributed by atoms with van der Waals surface area (Å²) in [5.74, 6) is -1.84. The molecule has 7 heteroatoms. The highest BCUT2D eigenvalue weighted by molar-refractivity contribution is 7.17. The SMILES string of the molecule is O=C(/C=C/c1ccc(Cl)s1)Nc1cc(C(=O)O)ccc1O. The third-order valence-electron chi connectivity index (χ3n) is 2.49. The standard InChI is InChI=1S/C14H10ClNO4S/c15-12-5-2-9(21-12)3-6-13(18)16-10-7-8(14(19)20)1-4-11(10)17/h1-7,17H,(H,16,18)(H,19,20)/b6-3+. The molecule has 1 aromatic carbocycles. The summed E-state index contributed by atoms with van der Waals surface area (Å²) in [6, 6.07) is 7.12. The number of carbonyl (C=O) groups is 2. The average molecular weight is 324 g/mol. The van der Waals surface area contributed by atoms with Crippen molar-refractivity contribution in [3.63, 3.8) is 0 Å². The molecular weight excluding hydrogens is 314 g/mol. The van der Waals surface area contributed by atoms with E-state index in [-0.39, 0.29) is 17.0 Å². The lowest BCUT2D eigenvalue weighted by Crippen LogP contribution is -2.09. The Morgan fingerprint density at radius 1 is 1.24 bits per heavy atom. The van der Waals surface area contributed by atoms with Crippen LogP contribution in [0.3, 0.4) is 0 Å². The van der Waals surface area contributed by atoms with Crippen molar-refractivity contribution < 1.29 is 19.8 Å². The fourth-order valence-electron chi connectivity index (χ4n) is 1.52. The third kappa shape index (κ3) is 4.08. The topological polar surface area (TPSA) is 86.6 Å². The fourth-order valence-corrected chi connectivity index (χ4v) is 2.48. The molecule has 0 aliphatic rings. The van der Waals surface area contributed by atoms with Gasteiger partial charge in [-0.2, -0.15) is 0 Å². The van der Waals surface area contributed by atoms with Crippen LogP contribution in [-0.4, -0.2) is 22.1 Å². The van der Waals surface area contributed by atoms with Gasteiger partial charge in [0.25, 0.3) is 0 Å². The molecule has 5 nitrogen and oxygen atoms in total. The fraction of sp³-hybridized carbons (Fsp3) is 0. The summed E-state index contributed by atoms with van der Waals surface area (Å²) >= 11 is 7.09. The molecule has 0 atom stereocenters. The van der Waals surface area contributed by atoms with Gasteiger partial charge in [0.05, 0.1) is 15.6 Å². The molecule has 0 saturated heterocycles. The van der Waals surface area contributed by atoms with Crippen LogP contribution >= 0.6 is 22.9 Å². The van der Waals surface area contributed by atoms with Crippen molar-refractivity contribution in [3.05, 3.63) is 51.2 Å². The number of rotatable bonds is 4. The van der Waals surface area contributed by atoms with E-state index in [1.807, 2.05) is 0 Å². The number of hydrogen-bond donors (Lipinski definition) is 3. The Kier molecular flexibility index (Phi) is 4.62. The van der Waals surface area contributed by atoms with Crippen LogP contribution in [0.1, 0.15) is 15.2 Å². The molecular formula is C14H10ClNO4S. The number of halogens is 1. The molecule has 0 aliphatic heterocycles. The average Bonchev–Trinajstić information content (AvgIpc) is 2.84. The lowest BCUT2D eigenvalue weighted by Gasteiger charge is -2.06. The minimum absolute atomic E-state index is 0.0304. The number of phenols is 1. The highest BCUT2D eigenvalue weighted by atomic mass is 35.5. The van der Waals surface area contributed by atoms with E-state index in [1.165, 1.54) is 35.6 Å². The van der Waals surface area contributed by atoms with Crippen molar-refractivity contribution in [2.75, 3.05) is 5.32 Å². The van der Waals surface area contributed by atoms with Gasteiger partial charge >= 0.3 is 5.97 Å². The number of carbonyl (C=O) groups excluding carboxylic acids is 1. The number of aromatic hydroxyl groups is 1. The van der Waals surface area contributed by atoms with Gasteiger partial charge in [-0.05, 0) is 36.4 Å².